The molecule has 0 aliphatic heterocycles. The van der Waals surface area contributed by atoms with Gasteiger partial charge in [0.1, 0.15) is 0 Å². The fourth-order valence-electron chi connectivity index (χ4n) is 2.10. The summed E-state index contributed by atoms with van der Waals surface area (Å²) >= 11 is 0. The summed E-state index contributed by atoms with van der Waals surface area (Å²) in [6.45, 7) is 2.29. The molecule has 0 fully saturated rings. The molecule has 1 N–H and O–H groups in total. The van der Waals surface area contributed by atoms with Crippen molar-refractivity contribution in [3.8, 4) is 0 Å². The predicted octanol–water partition coefficient (Wildman–Crippen LogP) is 4.60. The third-order valence-corrected chi connectivity index (χ3v) is 3.34. The van der Waals surface area contributed by atoms with Crippen molar-refractivity contribution in [3.05, 3.63) is 91.7 Å². The minimum atomic E-state index is 0.381. The zero-order chi connectivity index (χ0) is 16.3. The van der Waals surface area contributed by atoms with Gasteiger partial charge in [-0.1, -0.05) is 58.8 Å². The van der Waals surface area contributed by atoms with Crippen LogP contribution in [0.3, 0.4) is 0 Å². The van der Waals surface area contributed by atoms with Gasteiger partial charge in [-0.05, 0) is 33.3 Å². The first-order chi connectivity index (χ1) is 11.3. The Balaban J connectivity index is 1.80. The molecule has 0 saturated carbocycles. The van der Waals surface area contributed by atoms with Gasteiger partial charge in [-0.2, -0.15) is 0 Å². The maximum atomic E-state index is 8.29. The minimum absolute atomic E-state index is 0.381. The molecule has 7 nitrogen and oxygen atoms in total. The van der Waals surface area contributed by atoms with Gasteiger partial charge in [-0.15, -0.1) is 0 Å². The highest BCUT2D eigenvalue weighted by Crippen LogP contribution is 2.08. The zero-order valence-corrected chi connectivity index (χ0v) is 12.6. The molecule has 116 valence electrons. The van der Waals surface area contributed by atoms with Gasteiger partial charge in [0.2, 0.25) is 0 Å². The maximum Gasteiger partial charge on any atom is 0.0510 e. The highest BCUT2D eigenvalue weighted by molar-refractivity contribution is 5.24. The Morgan fingerprint density at radius 3 is 1.35 bits per heavy atom. The fourth-order valence-corrected chi connectivity index (χ4v) is 2.10. The molecule has 2 aromatic carbocycles. The molecule has 0 aliphatic rings. The zero-order valence-electron chi connectivity index (χ0n) is 12.6. The van der Waals surface area contributed by atoms with E-state index in [9.17, 15) is 0 Å². The average Bonchev–Trinajstić information content (AvgIpc) is 2.60. The van der Waals surface area contributed by atoms with E-state index in [0.717, 1.165) is 24.2 Å². The van der Waals surface area contributed by atoms with Gasteiger partial charge in [-0.25, -0.2) is 0 Å². The quantitative estimate of drug-likeness (QED) is 0.429. The van der Waals surface area contributed by atoms with E-state index < -0.39 is 0 Å². The van der Waals surface area contributed by atoms with Crippen molar-refractivity contribution in [3.63, 3.8) is 0 Å². The summed E-state index contributed by atoms with van der Waals surface area (Å²) in [5.41, 5.74) is 20.9. The van der Waals surface area contributed by atoms with Crippen LogP contribution in [0.15, 0.2) is 58.8 Å². The molecule has 0 unspecified atom stereocenters. The number of hydrogen-bond donors (Lipinski definition) is 1. The van der Waals surface area contributed by atoms with Crippen molar-refractivity contribution in [2.45, 2.75) is 26.2 Å². The molecule has 2 aromatic rings. The number of nitrogens with one attached hydrogen (secondary N) is 1. The Bertz CT molecular complexity index is 646. The molecule has 0 spiro atoms. The highest BCUT2D eigenvalue weighted by Gasteiger charge is 1.97. The molecule has 0 bridgehead atoms. The van der Waals surface area contributed by atoms with Gasteiger partial charge in [0, 0.05) is 22.9 Å². The second-order valence-electron chi connectivity index (χ2n) is 5.01. The summed E-state index contributed by atoms with van der Waals surface area (Å²) < 4.78 is 0. The van der Waals surface area contributed by atoms with Crippen molar-refractivity contribution in [1.82, 2.24) is 5.32 Å². The Kier molecular flexibility index (Phi) is 6.50. The summed E-state index contributed by atoms with van der Waals surface area (Å²) in [5.74, 6) is 0. The molecule has 0 aliphatic carbocycles. The van der Waals surface area contributed by atoms with Gasteiger partial charge in [-0.3, -0.25) is 0 Å². The second-order valence-corrected chi connectivity index (χ2v) is 5.01. The molecule has 0 aromatic heterocycles. The first-order valence-corrected chi connectivity index (χ1v) is 7.20. The summed E-state index contributed by atoms with van der Waals surface area (Å²) in [6, 6.07) is 16.0. The lowest BCUT2D eigenvalue weighted by molar-refractivity contribution is 0.693. The smallest absolute Gasteiger partial charge is 0.0510 e. The number of nitrogens with zero attached hydrogens (tertiary/aromatic N) is 6. The van der Waals surface area contributed by atoms with Crippen molar-refractivity contribution in [1.29, 1.82) is 0 Å². The average molecular weight is 307 g/mol. The predicted molar refractivity (Wildman–Crippen MR) is 89.1 cm³/mol. The van der Waals surface area contributed by atoms with Gasteiger partial charge in [0.25, 0.3) is 0 Å². The van der Waals surface area contributed by atoms with Crippen LogP contribution >= 0.6 is 0 Å². The van der Waals surface area contributed by atoms with Gasteiger partial charge < -0.3 is 5.32 Å². The Hall–Kier alpha value is -2.98. The first kappa shape index (κ1) is 16.4. The van der Waals surface area contributed by atoms with E-state index in [1.54, 1.807) is 0 Å². The molecule has 7 heteroatoms. The Morgan fingerprint density at radius 1 is 0.652 bits per heavy atom. The molecule has 0 radical (unpaired) electrons. The summed E-state index contributed by atoms with van der Waals surface area (Å²) in [4.78, 5) is 5.50. The largest absolute Gasteiger partial charge is 0.309 e. The molecular formula is C16H17N7. The van der Waals surface area contributed by atoms with E-state index in [1.807, 2.05) is 48.5 Å². The van der Waals surface area contributed by atoms with E-state index >= 15 is 0 Å². The van der Waals surface area contributed by atoms with Crippen molar-refractivity contribution < 1.29 is 0 Å². The van der Waals surface area contributed by atoms with Gasteiger partial charge in [0.15, 0.2) is 0 Å². The van der Waals surface area contributed by atoms with Crippen LogP contribution in [0.2, 0.25) is 0 Å². The lowest BCUT2D eigenvalue weighted by Crippen LogP contribution is -2.12. The van der Waals surface area contributed by atoms with Crippen LogP contribution in [0.5, 0.6) is 0 Å². The number of azide groups is 2. The SMILES string of the molecule is [N-]=[N+]=NCc1ccc(CNCc2ccc(CN=[N+]=[N-])cc2)cc1. The van der Waals surface area contributed by atoms with E-state index in [1.165, 1.54) is 11.1 Å². The Morgan fingerprint density at radius 2 is 1.00 bits per heavy atom. The van der Waals surface area contributed by atoms with Crippen LogP contribution in [0.1, 0.15) is 22.3 Å². The lowest BCUT2D eigenvalue weighted by atomic mass is 10.1. The topological polar surface area (TPSA) is 110 Å². The normalized spacial score (nSPS) is 9.74. The minimum Gasteiger partial charge on any atom is -0.309 e. The fraction of sp³-hybridized carbons (Fsp3) is 0.250. The molecule has 0 saturated heterocycles. The summed E-state index contributed by atoms with van der Waals surface area (Å²) in [6.07, 6.45) is 0. The van der Waals surface area contributed by atoms with Crippen LogP contribution in [0.4, 0.5) is 0 Å². The number of rotatable bonds is 8. The summed E-state index contributed by atoms with van der Waals surface area (Å²) in [5, 5.41) is 10.5. The van der Waals surface area contributed by atoms with E-state index in [0.29, 0.717) is 13.1 Å². The van der Waals surface area contributed by atoms with Gasteiger partial charge >= 0.3 is 0 Å². The first-order valence-electron chi connectivity index (χ1n) is 7.20. The van der Waals surface area contributed by atoms with Gasteiger partial charge in [0.05, 0.1) is 13.1 Å². The van der Waals surface area contributed by atoms with Crippen LogP contribution in [0, 0.1) is 0 Å². The van der Waals surface area contributed by atoms with E-state index in [2.05, 4.69) is 25.4 Å². The second kappa shape index (κ2) is 9.12. The highest BCUT2D eigenvalue weighted by atomic mass is 15.1. The standard InChI is InChI=1S/C16H17N7/c17-22-20-11-15-5-1-13(2-6-15)9-19-10-14-3-7-16(8-4-14)12-21-23-18/h1-8,19H,9-12H2. The molecule has 0 atom stereocenters. The Labute approximate surface area is 134 Å². The molecule has 0 amide bonds. The third-order valence-electron chi connectivity index (χ3n) is 3.34. The molecular weight excluding hydrogens is 290 g/mol. The molecule has 23 heavy (non-hydrogen) atoms. The summed E-state index contributed by atoms with van der Waals surface area (Å²) in [7, 11) is 0. The van der Waals surface area contributed by atoms with Crippen molar-refractivity contribution >= 4 is 0 Å². The van der Waals surface area contributed by atoms with Crippen LogP contribution in [0.25, 0.3) is 20.9 Å². The van der Waals surface area contributed by atoms with E-state index in [-0.39, 0.29) is 0 Å². The van der Waals surface area contributed by atoms with Crippen molar-refractivity contribution in [2.75, 3.05) is 0 Å². The van der Waals surface area contributed by atoms with Crippen LogP contribution < -0.4 is 5.32 Å². The van der Waals surface area contributed by atoms with E-state index in [4.69, 9.17) is 11.1 Å². The van der Waals surface area contributed by atoms with Crippen molar-refractivity contribution in [2.24, 2.45) is 10.2 Å². The molecule has 0 heterocycles. The maximum absolute atomic E-state index is 8.29. The number of hydrogen-bond acceptors (Lipinski definition) is 3. The molecule has 2 rings (SSSR count). The lowest BCUT2D eigenvalue weighted by Gasteiger charge is -2.06. The monoisotopic (exact) mass is 307 g/mol. The van der Waals surface area contributed by atoms with Crippen LogP contribution in [-0.2, 0) is 26.2 Å². The number of benzene rings is 2. The van der Waals surface area contributed by atoms with Crippen LogP contribution in [-0.4, -0.2) is 0 Å². The third kappa shape index (κ3) is 5.73.